The number of halogens is 2. The number of aromatic hydroxyl groups is 1. The first-order chi connectivity index (χ1) is 8.16. The second-order valence-corrected chi connectivity index (χ2v) is 5.71. The lowest BCUT2D eigenvalue weighted by molar-refractivity contribution is -0.169. The summed E-state index contributed by atoms with van der Waals surface area (Å²) in [4.78, 5) is 0. The Morgan fingerprint density at radius 3 is 2.82 bits per heavy atom. The molecular formula is C12H14Br2O3. The maximum Gasteiger partial charge on any atom is 0.158 e. The number of rotatable bonds is 3. The van der Waals surface area contributed by atoms with Crippen molar-refractivity contribution in [3.63, 3.8) is 0 Å². The largest absolute Gasteiger partial charge is 0.507 e. The van der Waals surface area contributed by atoms with Gasteiger partial charge in [-0.2, -0.15) is 0 Å². The third-order valence-electron chi connectivity index (χ3n) is 2.68. The molecule has 1 atom stereocenters. The van der Waals surface area contributed by atoms with E-state index in [0.29, 0.717) is 11.1 Å². The van der Waals surface area contributed by atoms with Gasteiger partial charge in [0.05, 0.1) is 11.1 Å². The van der Waals surface area contributed by atoms with E-state index in [2.05, 4.69) is 31.9 Å². The second-order valence-electron chi connectivity index (χ2n) is 4.00. The molecule has 1 aliphatic heterocycles. The van der Waals surface area contributed by atoms with Crippen molar-refractivity contribution < 1.29 is 14.6 Å². The molecule has 1 saturated heterocycles. The van der Waals surface area contributed by atoms with Gasteiger partial charge in [0, 0.05) is 11.1 Å². The van der Waals surface area contributed by atoms with Crippen LogP contribution in [0.3, 0.4) is 0 Å². The lowest BCUT2D eigenvalue weighted by Gasteiger charge is -2.23. The van der Waals surface area contributed by atoms with E-state index in [1.165, 1.54) is 0 Å². The van der Waals surface area contributed by atoms with Crippen LogP contribution in [0.5, 0.6) is 5.75 Å². The molecule has 5 heteroatoms. The van der Waals surface area contributed by atoms with Gasteiger partial charge in [-0.05, 0) is 52.9 Å². The van der Waals surface area contributed by atoms with E-state index in [0.717, 1.165) is 35.9 Å². The molecule has 0 radical (unpaired) electrons. The molecule has 0 bridgehead atoms. The highest BCUT2D eigenvalue weighted by Gasteiger charge is 2.15. The van der Waals surface area contributed by atoms with E-state index in [9.17, 15) is 5.11 Å². The van der Waals surface area contributed by atoms with Gasteiger partial charge in [0.15, 0.2) is 6.29 Å². The van der Waals surface area contributed by atoms with E-state index in [-0.39, 0.29) is 12.0 Å². The Morgan fingerprint density at radius 1 is 1.29 bits per heavy atom. The van der Waals surface area contributed by atoms with Crippen LogP contribution in [0.2, 0.25) is 0 Å². The number of hydrogen-bond acceptors (Lipinski definition) is 3. The highest BCUT2D eigenvalue weighted by molar-refractivity contribution is 9.11. The van der Waals surface area contributed by atoms with Gasteiger partial charge in [0.1, 0.15) is 5.75 Å². The average Bonchev–Trinajstić information content (AvgIpc) is 2.33. The normalized spacial score (nSPS) is 20.5. The van der Waals surface area contributed by atoms with Crippen LogP contribution in [0.25, 0.3) is 0 Å². The SMILES string of the molecule is Oc1cc(Br)c(COC2CCCCO2)cc1Br. The van der Waals surface area contributed by atoms with Crippen LogP contribution in [-0.4, -0.2) is 18.0 Å². The zero-order valence-electron chi connectivity index (χ0n) is 9.29. The minimum Gasteiger partial charge on any atom is -0.507 e. The van der Waals surface area contributed by atoms with E-state index < -0.39 is 0 Å². The summed E-state index contributed by atoms with van der Waals surface area (Å²) in [7, 11) is 0. The van der Waals surface area contributed by atoms with Crippen LogP contribution >= 0.6 is 31.9 Å². The zero-order valence-corrected chi connectivity index (χ0v) is 12.5. The fourth-order valence-corrected chi connectivity index (χ4v) is 2.55. The van der Waals surface area contributed by atoms with E-state index in [1.807, 2.05) is 6.07 Å². The first-order valence-electron chi connectivity index (χ1n) is 5.57. The molecular weight excluding hydrogens is 352 g/mol. The molecule has 0 spiro atoms. The first kappa shape index (κ1) is 13.3. The number of phenolic OH excluding ortho intramolecular Hbond substituents is 1. The summed E-state index contributed by atoms with van der Waals surface area (Å²) >= 11 is 6.69. The lowest BCUT2D eigenvalue weighted by Crippen LogP contribution is -2.22. The quantitative estimate of drug-likeness (QED) is 0.880. The summed E-state index contributed by atoms with van der Waals surface area (Å²) in [6.45, 7) is 1.26. The summed E-state index contributed by atoms with van der Waals surface area (Å²) < 4.78 is 12.7. The van der Waals surface area contributed by atoms with E-state index in [1.54, 1.807) is 6.07 Å². The molecule has 94 valence electrons. The van der Waals surface area contributed by atoms with Crippen LogP contribution in [0.15, 0.2) is 21.1 Å². The van der Waals surface area contributed by atoms with Gasteiger partial charge in [-0.1, -0.05) is 15.9 Å². The maximum atomic E-state index is 9.50. The van der Waals surface area contributed by atoms with Gasteiger partial charge in [0.25, 0.3) is 0 Å². The molecule has 1 aliphatic rings. The monoisotopic (exact) mass is 364 g/mol. The Hall–Kier alpha value is -0.100. The Morgan fingerprint density at radius 2 is 2.12 bits per heavy atom. The van der Waals surface area contributed by atoms with Crippen molar-refractivity contribution >= 4 is 31.9 Å². The van der Waals surface area contributed by atoms with Crippen LogP contribution < -0.4 is 0 Å². The molecule has 2 rings (SSSR count). The molecule has 1 aromatic rings. The minimum atomic E-state index is -0.0942. The second kappa shape index (κ2) is 6.18. The fraction of sp³-hybridized carbons (Fsp3) is 0.500. The third-order valence-corrected chi connectivity index (χ3v) is 4.05. The molecule has 1 fully saturated rings. The first-order valence-corrected chi connectivity index (χ1v) is 7.15. The van der Waals surface area contributed by atoms with Gasteiger partial charge in [0.2, 0.25) is 0 Å². The summed E-state index contributed by atoms with van der Waals surface area (Å²) in [5.74, 6) is 0.217. The molecule has 0 aromatic heterocycles. The summed E-state index contributed by atoms with van der Waals surface area (Å²) in [6, 6.07) is 3.51. The molecule has 1 N–H and O–H groups in total. The Bertz CT molecular complexity index is 390. The van der Waals surface area contributed by atoms with Crippen molar-refractivity contribution in [2.24, 2.45) is 0 Å². The number of hydrogen-bond donors (Lipinski definition) is 1. The van der Waals surface area contributed by atoms with Crippen molar-refractivity contribution in [1.29, 1.82) is 0 Å². The van der Waals surface area contributed by atoms with Gasteiger partial charge in [-0.15, -0.1) is 0 Å². The number of ether oxygens (including phenoxy) is 2. The fourth-order valence-electron chi connectivity index (χ4n) is 1.71. The summed E-state index contributed by atoms with van der Waals surface area (Å²) in [5.41, 5.74) is 0.990. The summed E-state index contributed by atoms with van der Waals surface area (Å²) in [6.07, 6.45) is 3.14. The maximum absolute atomic E-state index is 9.50. The topological polar surface area (TPSA) is 38.7 Å². The highest BCUT2D eigenvalue weighted by Crippen LogP contribution is 2.31. The molecule has 0 amide bonds. The Balaban J connectivity index is 1.96. The molecule has 0 saturated carbocycles. The standard InChI is InChI=1S/C12H14Br2O3/c13-9-6-11(15)10(14)5-8(9)7-17-12-3-1-2-4-16-12/h5-6,12,15H,1-4,7H2. The van der Waals surface area contributed by atoms with E-state index >= 15 is 0 Å². The average molecular weight is 366 g/mol. The predicted molar refractivity (Wildman–Crippen MR) is 71.9 cm³/mol. The Labute approximate surface area is 117 Å². The van der Waals surface area contributed by atoms with Crippen LogP contribution in [0.4, 0.5) is 0 Å². The molecule has 0 aliphatic carbocycles. The number of benzene rings is 1. The predicted octanol–water partition coefficient (Wildman–Crippen LogP) is 3.96. The van der Waals surface area contributed by atoms with Gasteiger partial charge < -0.3 is 14.6 Å². The third kappa shape index (κ3) is 3.68. The van der Waals surface area contributed by atoms with Crippen molar-refractivity contribution in [3.05, 3.63) is 26.6 Å². The molecule has 17 heavy (non-hydrogen) atoms. The molecule has 3 nitrogen and oxygen atoms in total. The molecule has 1 unspecified atom stereocenters. The van der Waals surface area contributed by atoms with Crippen molar-refractivity contribution in [1.82, 2.24) is 0 Å². The van der Waals surface area contributed by atoms with Crippen molar-refractivity contribution in [2.75, 3.05) is 6.61 Å². The molecule has 1 aromatic carbocycles. The molecule has 1 heterocycles. The van der Waals surface area contributed by atoms with Crippen LogP contribution in [0.1, 0.15) is 24.8 Å². The van der Waals surface area contributed by atoms with Gasteiger partial charge in [-0.25, -0.2) is 0 Å². The Kier molecular flexibility index (Phi) is 4.85. The van der Waals surface area contributed by atoms with Crippen LogP contribution in [0, 0.1) is 0 Å². The van der Waals surface area contributed by atoms with Crippen LogP contribution in [-0.2, 0) is 16.1 Å². The highest BCUT2D eigenvalue weighted by atomic mass is 79.9. The lowest BCUT2D eigenvalue weighted by atomic mass is 10.2. The van der Waals surface area contributed by atoms with E-state index in [4.69, 9.17) is 9.47 Å². The van der Waals surface area contributed by atoms with Gasteiger partial charge >= 0.3 is 0 Å². The number of phenols is 1. The van der Waals surface area contributed by atoms with Crippen molar-refractivity contribution in [3.8, 4) is 5.75 Å². The zero-order chi connectivity index (χ0) is 12.3. The smallest absolute Gasteiger partial charge is 0.158 e. The summed E-state index contributed by atoms with van der Waals surface area (Å²) in [5, 5.41) is 9.50. The van der Waals surface area contributed by atoms with Gasteiger partial charge in [-0.3, -0.25) is 0 Å². The minimum absolute atomic E-state index is 0.0942. The van der Waals surface area contributed by atoms with Crippen molar-refractivity contribution in [2.45, 2.75) is 32.2 Å².